The van der Waals surface area contributed by atoms with Gasteiger partial charge in [0, 0.05) is 6.04 Å². The summed E-state index contributed by atoms with van der Waals surface area (Å²) in [4.78, 5) is 4.44. The Morgan fingerprint density at radius 2 is 1.79 bits per heavy atom. The molecule has 4 N–H and O–H groups in total. The molecule has 0 aliphatic heterocycles. The van der Waals surface area contributed by atoms with E-state index < -0.39 is 0 Å². The maximum atomic E-state index is 5.36. The number of hydrazine groups is 1. The van der Waals surface area contributed by atoms with Crippen molar-refractivity contribution < 1.29 is 0 Å². The van der Waals surface area contributed by atoms with Crippen LogP contribution in [0.5, 0.6) is 0 Å². The lowest BCUT2D eigenvalue weighted by Crippen LogP contribution is -2.45. The quantitative estimate of drug-likeness (QED) is 0.277. The Kier molecular flexibility index (Phi) is 6.28. The van der Waals surface area contributed by atoms with Crippen LogP contribution in [0.3, 0.4) is 0 Å². The fraction of sp³-hybridized carbons (Fsp3) is 0.900. The predicted molar refractivity (Wildman–Crippen MR) is 61.9 cm³/mol. The lowest BCUT2D eigenvalue weighted by molar-refractivity contribution is 0.517. The SMILES string of the molecule is CC(C)CC(C)N=C(NN)NC(C)C. The minimum absolute atomic E-state index is 0.298. The molecule has 0 saturated heterocycles. The van der Waals surface area contributed by atoms with E-state index in [2.05, 4.69) is 50.4 Å². The molecule has 0 radical (unpaired) electrons. The Morgan fingerprint density at radius 3 is 2.14 bits per heavy atom. The van der Waals surface area contributed by atoms with Gasteiger partial charge in [0.25, 0.3) is 0 Å². The second-order valence-electron chi connectivity index (χ2n) is 4.40. The summed E-state index contributed by atoms with van der Waals surface area (Å²) in [5, 5.41) is 3.15. The molecule has 0 amide bonds. The second-order valence-corrected chi connectivity index (χ2v) is 4.40. The molecule has 0 aliphatic rings. The first-order valence-electron chi connectivity index (χ1n) is 5.26. The van der Waals surface area contributed by atoms with Gasteiger partial charge >= 0.3 is 0 Å². The van der Waals surface area contributed by atoms with Crippen LogP contribution in [0.4, 0.5) is 0 Å². The van der Waals surface area contributed by atoms with Crippen LogP contribution in [0.15, 0.2) is 4.99 Å². The highest BCUT2D eigenvalue weighted by atomic mass is 15.3. The zero-order valence-corrected chi connectivity index (χ0v) is 9.96. The van der Waals surface area contributed by atoms with Gasteiger partial charge in [0.15, 0.2) is 0 Å². The summed E-state index contributed by atoms with van der Waals surface area (Å²) < 4.78 is 0. The third-order valence-corrected chi connectivity index (χ3v) is 1.72. The van der Waals surface area contributed by atoms with Crippen LogP contribution < -0.4 is 16.6 Å². The molecule has 0 bridgehead atoms. The van der Waals surface area contributed by atoms with Crippen molar-refractivity contribution in [3.8, 4) is 0 Å². The monoisotopic (exact) mass is 200 g/mol. The summed E-state index contributed by atoms with van der Waals surface area (Å²) in [5.74, 6) is 6.69. The summed E-state index contributed by atoms with van der Waals surface area (Å²) in [6, 6.07) is 0.642. The van der Waals surface area contributed by atoms with E-state index in [0.717, 1.165) is 6.42 Å². The maximum absolute atomic E-state index is 5.36. The van der Waals surface area contributed by atoms with E-state index in [1.807, 2.05) is 0 Å². The van der Waals surface area contributed by atoms with Crippen LogP contribution in [0.1, 0.15) is 41.0 Å². The summed E-state index contributed by atoms with van der Waals surface area (Å²) >= 11 is 0. The van der Waals surface area contributed by atoms with Crippen molar-refractivity contribution in [2.24, 2.45) is 16.8 Å². The van der Waals surface area contributed by atoms with Crippen LogP contribution in [-0.2, 0) is 0 Å². The second kappa shape index (κ2) is 6.65. The molecule has 14 heavy (non-hydrogen) atoms. The summed E-state index contributed by atoms with van der Waals surface area (Å²) in [7, 11) is 0. The van der Waals surface area contributed by atoms with E-state index in [1.54, 1.807) is 0 Å². The van der Waals surface area contributed by atoms with Crippen molar-refractivity contribution in [1.82, 2.24) is 10.7 Å². The molecule has 4 heteroatoms. The zero-order valence-electron chi connectivity index (χ0n) is 9.96. The van der Waals surface area contributed by atoms with Gasteiger partial charge in [0.1, 0.15) is 0 Å². The van der Waals surface area contributed by atoms with Crippen LogP contribution in [0.25, 0.3) is 0 Å². The van der Waals surface area contributed by atoms with E-state index in [1.165, 1.54) is 0 Å². The minimum atomic E-state index is 0.298. The Morgan fingerprint density at radius 1 is 1.21 bits per heavy atom. The van der Waals surface area contributed by atoms with Crippen molar-refractivity contribution in [2.75, 3.05) is 0 Å². The third kappa shape index (κ3) is 6.71. The van der Waals surface area contributed by atoms with Gasteiger partial charge in [-0.25, -0.2) is 10.8 Å². The van der Waals surface area contributed by atoms with E-state index in [4.69, 9.17) is 5.84 Å². The summed E-state index contributed by atoms with van der Waals surface area (Å²) in [6.45, 7) is 10.6. The summed E-state index contributed by atoms with van der Waals surface area (Å²) in [5.41, 5.74) is 2.58. The number of rotatable bonds is 4. The molecule has 0 saturated carbocycles. The molecular weight excluding hydrogens is 176 g/mol. The Bertz CT molecular complexity index is 175. The summed E-state index contributed by atoms with van der Waals surface area (Å²) in [6.07, 6.45) is 1.07. The number of aliphatic imine (C=N–C) groups is 1. The predicted octanol–water partition coefficient (Wildman–Crippen LogP) is 1.24. The van der Waals surface area contributed by atoms with Crippen LogP contribution in [0.2, 0.25) is 0 Å². The van der Waals surface area contributed by atoms with Crippen LogP contribution in [0, 0.1) is 5.92 Å². The van der Waals surface area contributed by atoms with E-state index in [-0.39, 0.29) is 0 Å². The lowest BCUT2D eigenvalue weighted by atomic mass is 10.1. The number of nitrogens with two attached hydrogens (primary N) is 1. The van der Waals surface area contributed by atoms with Crippen molar-refractivity contribution in [3.63, 3.8) is 0 Å². The van der Waals surface area contributed by atoms with Gasteiger partial charge in [0.05, 0.1) is 6.04 Å². The Labute approximate surface area is 87.3 Å². The standard InChI is InChI=1S/C10H24N4/c1-7(2)6-9(5)13-10(14-11)12-8(3)4/h7-9H,6,11H2,1-5H3,(H2,12,13,14). The van der Waals surface area contributed by atoms with E-state index in [0.29, 0.717) is 24.0 Å². The Hall–Kier alpha value is -0.770. The zero-order chi connectivity index (χ0) is 11.1. The Balaban J connectivity index is 4.13. The fourth-order valence-electron chi connectivity index (χ4n) is 1.34. The van der Waals surface area contributed by atoms with E-state index in [9.17, 15) is 0 Å². The molecular formula is C10H24N4. The maximum Gasteiger partial charge on any atom is 0.206 e. The largest absolute Gasteiger partial charge is 0.353 e. The van der Waals surface area contributed by atoms with Crippen molar-refractivity contribution >= 4 is 5.96 Å². The highest BCUT2D eigenvalue weighted by Gasteiger charge is 2.05. The number of guanidine groups is 1. The number of hydrogen-bond acceptors (Lipinski definition) is 2. The molecule has 1 unspecified atom stereocenters. The third-order valence-electron chi connectivity index (χ3n) is 1.72. The molecule has 0 aliphatic carbocycles. The molecule has 0 fully saturated rings. The molecule has 0 aromatic rings. The topological polar surface area (TPSA) is 62.4 Å². The average molecular weight is 200 g/mol. The van der Waals surface area contributed by atoms with Gasteiger partial charge in [-0.1, -0.05) is 13.8 Å². The number of nitrogens with one attached hydrogen (secondary N) is 2. The molecule has 0 rings (SSSR count). The van der Waals surface area contributed by atoms with Gasteiger partial charge in [-0.3, -0.25) is 5.43 Å². The molecule has 0 aromatic heterocycles. The molecule has 4 nitrogen and oxygen atoms in total. The van der Waals surface area contributed by atoms with E-state index >= 15 is 0 Å². The fourth-order valence-corrected chi connectivity index (χ4v) is 1.34. The number of nitrogens with zero attached hydrogens (tertiary/aromatic N) is 1. The van der Waals surface area contributed by atoms with Crippen molar-refractivity contribution in [3.05, 3.63) is 0 Å². The lowest BCUT2D eigenvalue weighted by Gasteiger charge is -2.15. The molecule has 0 spiro atoms. The smallest absolute Gasteiger partial charge is 0.206 e. The van der Waals surface area contributed by atoms with Gasteiger partial charge in [-0.2, -0.15) is 0 Å². The first-order chi connectivity index (χ1) is 6.45. The minimum Gasteiger partial charge on any atom is -0.353 e. The molecule has 0 aromatic carbocycles. The van der Waals surface area contributed by atoms with Gasteiger partial charge in [0.2, 0.25) is 5.96 Å². The van der Waals surface area contributed by atoms with Crippen LogP contribution in [-0.4, -0.2) is 18.0 Å². The highest BCUT2D eigenvalue weighted by molar-refractivity contribution is 5.79. The van der Waals surface area contributed by atoms with Crippen molar-refractivity contribution in [1.29, 1.82) is 0 Å². The van der Waals surface area contributed by atoms with Crippen molar-refractivity contribution in [2.45, 2.75) is 53.1 Å². The van der Waals surface area contributed by atoms with Gasteiger partial charge in [-0.05, 0) is 33.1 Å². The van der Waals surface area contributed by atoms with Gasteiger partial charge in [-0.15, -0.1) is 0 Å². The first-order valence-corrected chi connectivity index (χ1v) is 5.26. The average Bonchev–Trinajstić information content (AvgIpc) is 2.00. The highest BCUT2D eigenvalue weighted by Crippen LogP contribution is 2.06. The molecule has 0 heterocycles. The molecule has 1 atom stereocenters. The normalized spacial score (nSPS) is 14.7. The van der Waals surface area contributed by atoms with Crippen LogP contribution >= 0.6 is 0 Å². The molecule has 84 valence electrons. The van der Waals surface area contributed by atoms with Gasteiger partial charge < -0.3 is 5.32 Å². The number of hydrogen-bond donors (Lipinski definition) is 3. The first kappa shape index (κ1) is 13.2.